The molecule has 1 atom stereocenters. The van der Waals surface area contributed by atoms with Crippen molar-refractivity contribution in [2.24, 2.45) is 5.92 Å². The maximum absolute atomic E-state index is 12.6. The summed E-state index contributed by atoms with van der Waals surface area (Å²) in [6.45, 7) is 3.66. The van der Waals surface area contributed by atoms with Crippen LogP contribution in [0.4, 0.5) is 5.69 Å². The third-order valence-electron chi connectivity index (χ3n) is 4.99. The molecule has 1 aliphatic heterocycles. The van der Waals surface area contributed by atoms with Crippen molar-refractivity contribution in [3.05, 3.63) is 30.3 Å². The molecule has 1 amide bonds. The molecule has 22 heavy (non-hydrogen) atoms. The van der Waals surface area contributed by atoms with Gasteiger partial charge in [-0.15, -0.1) is 0 Å². The van der Waals surface area contributed by atoms with Crippen LogP contribution in [0.5, 0.6) is 0 Å². The molecule has 120 valence electrons. The van der Waals surface area contributed by atoms with E-state index in [1.807, 2.05) is 18.0 Å². The Morgan fingerprint density at radius 1 is 1.14 bits per heavy atom. The number of hydrogen-bond acceptors (Lipinski definition) is 3. The summed E-state index contributed by atoms with van der Waals surface area (Å²) >= 11 is 0. The first-order valence-electron chi connectivity index (χ1n) is 8.40. The smallest absolute Gasteiger partial charge is 0.227 e. The maximum atomic E-state index is 12.6. The number of rotatable bonds is 6. The predicted octanol–water partition coefficient (Wildman–Crippen LogP) is 2.07. The molecule has 0 aromatic heterocycles. The fourth-order valence-electron chi connectivity index (χ4n) is 3.26. The number of nitrogens with zero attached hydrogens (tertiary/aromatic N) is 3. The SMILES string of the molecule is CN(CCN(C)C1CC1)C(=O)[C@H]1CCN(c2ccccc2)C1. The van der Waals surface area contributed by atoms with Crippen LogP contribution in [0.3, 0.4) is 0 Å². The van der Waals surface area contributed by atoms with Crippen LogP contribution in [0.1, 0.15) is 19.3 Å². The summed E-state index contributed by atoms with van der Waals surface area (Å²) in [5, 5.41) is 0. The number of carbonyl (C=O) groups excluding carboxylic acids is 1. The second-order valence-electron chi connectivity index (χ2n) is 6.74. The van der Waals surface area contributed by atoms with Gasteiger partial charge in [0.05, 0.1) is 5.92 Å². The summed E-state index contributed by atoms with van der Waals surface area (Å²) in [5.74, 6) is 0.457. The zero-order valence-electron chi connectivity index (χ0n) is 13.7. The second-order valence-corrected chi connectivity index (χ2v) is 6.74. The number of para-hydroxylation sites is 1. The molecule has 2 fully saturated rings. The van der Waals surface area contributed by atoms with Gasteiger partial charge in [-0.25, -0.2) is 0 Å². The maximum Gasteiger partial charge on any atom is 0.227 e. The quantitative estimate of drug-likeness (QED) is 0.805. The molecule has 1 aromatic carbocycles. The molecule has 2 aliphatic rings. The van der Waals surface area contributed by atoms with Crippen LogP contribution in [0.2, 0.25) is 0 Å². The lowest BCUT2D eigenvalue weighted by Gasteiger charge is -2.25. The van der Waals surface area contributed by atoms with Gasteiger partial charge in [-0.1, -0.05) is 18.2 Å². The lowest BCUT2D eigenvalue weighted by Crippen LogP contribution is -2.39. The van der Waals surface area contributed by atoms with E-state index in [0.29, 0.717) is 5.91 Å². The molecule has 1 aliphatic carbocycles. The van der Waals surface area contributed by atoms with E-state index in [2.05, 4.69) is 41.1 Å². The van der Waals surface area contributed by atoms with Crippen molar-refractivity contribution in [1.29, 1.82) is 0 Å². The van der Waals surface area contributed by atoms with E-state index in [0.717, 1.165) is 38.6 Å². The number of anilines is 1. The van der Waals surface area contributed by atoms with E-state index in [-0.39, 0.29) is 5.92 Å². The van der Waals surface area contributed by atoms with Gasteiger partial charge in [-0.3, -0.25) is 4.79 Å². The lowest BCUT2D eigenvalue weighted by atomic mass is 10.1. The predicted molar refractivity (Wildman–Crippen MR) is 90.1 cm³/mol. The minimum absolute atomic E-state index is 0.149. The number of hydrogen-bond donors (Lipinski definition) is 0. The molecule has 4 nitrogen and oxygen atoms in total. The summed E-state index contributed by atoms with van der Waals surface area (Å²) in [7, 11) is 4.12. The molecule has 0 bridgehead atoms. The van der Waals surface area contributed by atoms with Gasteiger partial charge >= 0.3 is 0 Å². The summed E-state index contributed by atoms with van der Waals surface area (Å²) in [4.78, 5) is 19.2. The lowest BCUT2D eigenvalue weighted by molar-refractivity contribution is -0.133. The molecule has 4 heteroatoms. The molecule has 3 rings (SSSR count). The van der Waals surface area contributed by atoms with Crippen LogP contribution in [-0.2, 0) is 4.79 Å². The van der Waals surface area contributed by atoms with Crippen molar-refractivity contribution in [1.82, 2.24) is 9.80 Å². The van der Waals surface area contributed by atoms with Gasteiger partial charge in [-0.05, 0) is 38.4 Å². The van der Waals surface area contributed by atoms with Gasteiger partial charge in [0.15, 0.2) is 0 Å². The van der Waals surface area contributed by atoms with Crippen molar-refractivity contribution >= 4 is 11.6 Å². The second kappa shape index (κ2) is 6.69. The Kier molecular flexibility index (Phi) is 4.67. The van der Waals surface area contributed by atoms with Crippen molar-refractivity contribution in [2.45, 2.75) is 25.3 Å². The third kappa shape index (κ3) is 3.61. The first-order valence-corrected chi connectivity index (χ1v) is 8.40. The zero-order valence-corrected chi connectivity index (χ0v) is 13.7. The standard InChI is InChI=1S/C18H27N3O/c1-19(16-8-9-16)12-13-20(2)18(22)15-10-11-21(14-15)17-6-4-3-5-7-17/h3-7,15-16H,8-14H2,1-2H3/t15-/m0/s1. The van der Waals surface area contributed by atoms with Gasteiger partial charge in [-0.2, -0.15) is 0 Å². The molecular formula is C18H27N3O. The van der Waals surface area contributed by atoms with Crippen molar-refractivity contribution in [2.75, 3.05) is 45.2 Å². The van der Waals surface area contributed by atoms with Gasteiger partial charge in [0.2, 0.25) is 5.91 Å². The molecule has 0 spiro atoms. The Bertz CT molecular complexity index is 500. The van der Waals surface area contributed by atoms with Gasteiger partial charge < -0.3 is 14.7 Å². The van der Waals surface area contributed by atoms with Crippen molar-refractivity contribution in [3.8, 4) is 0 Å². The topological polar surface area (TPSA) is 26.8 Å². The number of amides is 1. The molecule has 0 radical (unpaired) electrons. The number of likely N-dealkylation sites (N-methyl/N-ethyl adjacent to an activating group) is 2. The zero-order chi connectivity index (χ0) is 15.5. The molecule has 0 N–H and O–H groups in total. The van der Waals surface area contributed by atoms with Crippen LogP contribution in [0.25, 0.3) is 0 Å². The Labute approximate surface area is 133 Å². The highest BCUT2D eigenvalue weighted by Crippen LogP contribution is 2.26. The Balaban J connectivity index is 1.48. The van der Waals surface area contributed by atoms with Crippen LogP contribution in [0.15, 0.2) is 30.3 Å². The number of carbonyl (C=O) groups is 1. The molecule has 1 saturated heterocycles. The van der Waals surface area contributed by atoms with E-state index in [9.17, 15) is 4.79 Å². The van der Waals surface area contributed by atoms with E-state index in [1.165, 1.54) is 18.5 Å². The first-order chi connectivity index (χ1) is 10.6. The van der Waals surface area contributed by atoms with Gasteiger partial charge in [0.25, 0.3) is 0 Å². The van der Waals surface area contributed by atoms with Crippen LogP contribution >= 0.6 is 0 Å². The van der Waals surface area contributed by atoms with E-state index < -0.39 is 0 Å². The minimum Gasteiger partial charge on any atom is -0.371 e. The largest absolute Gasteiger partial charge is 0.371 e. The molecule has 0 unspecified atom stereocenters. The van der Waals surface area contributed by atoms with Gasteiger partial charge in [0.1, 0.15) is 0 Å². The third-order valence-corrected chi connectivity index (χ3v) is 4.99. The normalized spacial score (nSPS) is 21.4. The average Bonchev–Trinajstić information content (AvgIpc) is 3.29. The summed E-state index contributed by atoms with van der Waals surface area (Å²) in [5.41, 5.74) is 1.23. The Hall–Kier alpha value is -1.55. The fraction of sp³-hybridized carbons (Fsp3) is 0.611. The molecule has 1 saturated carbocycles. The van der Waals surface area contributed by atoms with Gasteiger partial charge in [0, 0.05) is 45.0 Å². The Morgan fingerprint density at radius 2 is 1.86 bits per heavy atom. The van der Waals surface area contributed by atoms with Crippen molar-refractivity contribution in [3.63, 3.8) is 0 Å². The summed E-state index contributed by atoms with van der Waals surface area (Å²) < 4.78 is 0. The highest BCUT2D eigenvalue weighted by molar-refractivity contribution is 5.80. The van der Waals surface area contributed by atoms with E-state index in [4.69, 9.17) is 0 Å². The molecule has 1 aromatic rings. The highest BCUT2D eigenvalue weighted by Gasteiger charge is 2.31. The fourth-order valence-corrected chi connectivity index (χ4v) is 3.26. The average molecular weight is 301 g/mol. The van der Waals surface area contributed by atoms with Crippen LogP contribution < -0.4 is 4.90 Å². The van der Waals surface area contributed by atoms with E-state index >= 15 is 0 Å². The van der Waals surface area contributed by atoms with Crippen LogP contribution in [-0.4, -0.2) is 62.0 Å². The summed E-state index contributed by atoms with van der Waals surface area (Å²) in [6.07, 6.45) is 3.61. The number of benzene rings is 1. The minimum atomic E-state index is 0.149. The highest BCUT2D eigenvalue weighted by atomic mass is 16.2. The molecule has 1 heterocycles. The summed E-state index contributed by atoms with van der Waals surface area (Å²) in [6, 6.07) is 11.2. The Morgan fingerprint density at radius 3 is 2.55 bits per heavy atom. The first kappa shape index (κ1) is 15.3. The molecular weight excluding hydrogens is 274 g/mol. The van der Waals surface area contributed by atoms with E-state index in [1.54, 1.807) is 0 Å². The van der Waals surface area contributed by atoms with Crippen LogP contribution in [0, 0.1) is 5.92 Å². The van der Waals surface area contributed by atoms with Crippen molar-refractivity contribution < 1.29 is 4.79 Å². The monoisotopic (exact) mass is 301 g/mol.